The Balaban J connectivity index is 1.76. The van der Waals surface area contributed by atoms with E-state index in [0.29, 0.717) is 23.3 Å². The van der Waals surface area contributed by atoms with Gasteiger partial charge >= 0.3 is 0 Å². The van der Waals surface area contributed by atoms with Crippen molar-refractivity contribution in [3.05, 3.63) is 70.5 Å². The number of hydrogen-bond donors (Lipinski definition) is 1. The molecule has 11 heteroatoms. The van der Waals surface area contributed by atoms with Gasteiger partial charge in [-0.15, -0.1) is 0 Å². The minimum atomic E-state index is -2.22. The van der Waals surface area contributed by atoms with E-state index in [1.54, 1.807) is 16.6 Å². The van der Waals surface area contributed by atoms with Gasteiger partial charge in [0.2, 0.25) is 0 Å². The van der Waals surface area contributed by atoms with Gasteiger partial charge in [0.25, 0.3) is 5.91 Å². The number of aromatic nitrogens is 3. The van der Waals surface area contributed by atoms with Crippen molar-refractivity contribution in [3.8, 4) is 0 Å². The predicted octanol–water partition coefficient (Wildman–Crippen LogP) is 6.50. The molecule has 2 aromatic heterocycles. The third kappa shape index (κ3) is 4.87. The zero-order valence-electron chi connectivity index (χ0n) is 22.5. The van der Waals surface area contributed by atoms with Crippen molar-refractivity contribution in [1.29, 1.82) is 0 Å². The largest absolute Gasteiger partial charge is 0.410 e. The summed E-state index contributed by atoms with van der Waals surface area (Å²) in [5.74, 6) is -0.0702. The molecular weight excluding hydrogens is 486 g/mol. The Morgan fingerprint density at radius 2 is 1.97 bits per heavy atom. The molecule has 196 valence electrons. The minimum absolute atomic E-state index is 0.0223. The van der Waals surface area contributed by atoms with Crippen LogP contribution in [0.1, 0.15) is 63.2 Å². The lowest BCUT2D eigenvalue weighted by atomic mass is 9.91. The van der Waals surface area contributed by atoms with Crippen LogP contribution in [0, 0.1) is 5.92 Å². The van der Waals surface area contributed by atoms with Crippen LogP contribution in [0.15, 0.2) is 53.9 Å². The Morgan fingerprint density at radius 3 is 2.59 bits per heavy atom. The number of rotatable bonds is 7. The van der Waals surface area contributed by atoms with Crippen LogP contribution in [0.5, 0.6) is 0 Å². The van der Waals surface area contributed by atoms with Gasteiger partial charge in [0.15, 0.2) is 19.9 Å². The fraction of sp³-hybridized carbons (Fsp3) is 0.500. The lowest BCUT2D eigenvalue weighted by molar-refractivity contribution is -0.0613. The Hall–Kier alpha value is -3.24. The fourth-order valence-corrected chi connectivity index (χ4v) is 5.89. The molecule has 0 spiro atoms. The Labute approximate surface area is 218 Å². The molecule has 1 aliphatic rings. The fourth-order valence-electron chi connectivity index (χ4n) is 4.52. The molecule has 0 radical (unpaired) electrons. The van der Waals surface area contributed by atoms with Gasteiger partial charge in [-0.2, -0.15) is 5.10 Å². The monoisotopic (exact) mass is 521 g/mol. The molecule has 4 rings (SSSR count). The summed E-state index contributed by atoms with van der Waals surface area (Å²) < 4.78 is 15.2. The maximum Gasteiger partial charge on any atom is 0.256 e. The summed E-state index contributed by atoms with van der Waals surface area (Å²) in [4.78, 5) is 20.2. The molecule has 3 heterocycles. The second-order valence-corrected chi connectivity index (χ2v) is 15.8. The van der Waals surface area contributed by atoms with Crippen LogP contribution in [0.2, 0.25) is 18.1 Å². The summed E-state index contributed by atoms with van der Waals surface area (Å²) in [7, 11) is -2.22. The van der Waals surface area contributed by atoms with E-state index in [-0.39, 0.29) is 23.0 Å². The van der Waals surface area contributed by atoms with Crippen LogP contribution in [0.3, 0.4) is 0 Å². The summed E-state index contributed by atoms with van der Waals surface area (Å²) in [6, 6.07) is 12.7. The molecule has 1 saturated heterocycles. The maximum absolute atomic E-state index is 12.8. The van der Waals surface area contributed by atoms with Gasteiger partial charge in [-0.05, 0) is 54.3 Å². The topological polar surface area (TPSA) is 127 Å². The normalized spacial score (nSPS) is 24.1. The zero-order chi connectivity index (χ0) is 27.0. The van der Waals surface area contributed by atoms with Crippen LogP contribution in [0.4, 0.5) is 5.82 Å². The molecule has 3 aromatic rings. The summed E-state index contributed by atoms with van der Waals surface area (Å²) >= 11 is 0. The van der Waals surface area contributed by atoms with Crippen molar-refractivity contribution in [2.75, 3.05) is 5.32 Å². The average molecular weight is 522 g/mol. The lowest BCUT2D eigenvalue weighted by Crippen LogP contribution is -2.47. The van der Waals surface area contributed by atoms with Gasteiger partial charge in [-0.25, -0.2) is 9.50 Å². The minimum Gasteiger partial charge on any atom is -0.410 e. The van der Waals surface area contributed by atoms with Crippen LogP contribution in [-0.4, -0.2) is 40.7 Å². The predicted molar refractivity (Wildman–Crippen MR) is 145 cm³/mol. The third-order valence-electron chi connectivity index (χ3n) is 7.83. The first-order valence-corrected chi connectivity index (χ1v) is 15.5. The third-order valence-corrected chi connectivity index (χ3v) is 12.3. The van der Waals surface area contributed by atoms with Crippen molar-refractivity contribution in [3.63, 3.8) is 0 Å². The second-order valence-electron chi connectivity index (χ2n) is 11.0. The van der Waals surface area contributed by atoms with Gasteiger partial charge in [0, 0.05) is 16.4 Å². The molecule has 4 atom stereocenters. The first kappa shape index (κ1) is 26.8. The van der Waals surface area contributed by atoms with E-state index >= 15 is 0 Å². The lowest BCUT2D eigenvalue weighted by Gasteiger charge is -2.40. The molecule has 1 aromatic carbocycles. The number of benzene rings is 1. The number of anilines is 1. The molecule has 0 aliphatic carbocycles. The highest BCUT2D eigenvalue weighted by Crippen LogP contribution is 2.51. The molecule has 1 unspecified atom stereocenters. The summed E-state index contributed by atoms with van der Waals surface area (Å²) in [6.07, 6.45) is 1.01. The van der Waals surface area contributed by atoms with Crippen LogP contribution in [-0.2, 0) is 9.16 Å². The zero-order valence-corrected chi connectivity index (χ0v) is 23.5. The number of fused-ring (bicyclic) bond motifs is 1. The SMILES string of the molecule is CC[C@@]1(N=[N+]=[N-])O[C@@H](c2ccc3c(NC(=O)c4ccccc4)ncnn23)C(O[Si](C)(C)C(C)(C)C)[C@@H]1C. The highest BCUT2D eigenvalue weighted by molar-refractivity contribution is 6.74. The second kappa shape index (κ2) is 9.90. The summed E-state index contributed by atoms with van der Waals surface area (Å²) in [5.41, 5.74) is 10.2. The molecule has 0 saturated carbocycles. The number of nitrogens with one attached hydrogen (secondary N) is 1. The van der Waals surface area contributed by atoms with Crippen molar-refractivity contribution in [1.82, 2.24) is 14.6 Å². The molecule has 1 amide bonds. The molecule has 1 aliphatic heterocycles. The van der Waals surface area contributed by atoms with Gasteiger partial charge in [-0.1, -0.05) is 57.9 Å². The van der Waals surface area contributed by atoms with Crippen LogP contribution >= 0.6 is 0 Å². The maximum atomic E-state index is 12.8. The van der Waals surface area contributed by atoms with Crippen LogP contribution < -0.4 is 5.32 Å². The molecule has 37 heavy (non-hydrogen) atoms. The van der Waals surface area contributed by atoms with E-state index in [2.05, 4.69) is 59.3 Å². The number of nitrogens with zero attached hydrogens (tertiary/aromatic N) is 6. The van der Waals surface area contributed by atoms with Gasteiger partial charge in [0.1, 0.15) is 17.9 Å². The van der Waals surface area contributed by atoms with Crippen molar-refractivity contribution >= 4 is 25.6 Å². The first-order valence-electron chi connectivity index (χ1n) is 12.5. The van der Waals surface area contributed by atoms with Crippen molar-refractivity contribution in [2.24, 2.45) is 11.0 Å². The number of carbonyl (C=O) groups excluding carboxylic acids is 1. The molecule has 1 N–H and O–H groups in total. The Kier molecular flexibility index (Phi) is 7.18. The standard InChI is InChI=1S/C26H35N7O3Si/c1-8-26(31-32-27)17(2)21(36-37(6,7)25(3,4)5)22(35-26)19-14-15-20-23(28-16-29-33(19)20)30-24(34)18-12-10-9-11-13-18/h9-17,21-22H,8H2,1-7H3,(H,28,29,30,34)/t17-,21?,22-,26+/m0/s1. The number of hydrogen-bond acceptors (Lipinski definition) is 6. The van der Waals surface area contributed by atoms with E-state index in [9.17, 15) is 10.3 Å². The van der Waals surface area contributed by atoms with E-state index in [4.69, 9.17) is 9.16 Å². The van der Waals surface area contributed by atoms with E-state index in [1.807, 2.05) is 44.2 Å². The van der Waals surface area contributed by atoms with Crippen molar-refractivity contribution < 1.29 is 14.0 Å². The van der Waals surface area contributed by atoms with E-state index < -0.39 is 20.1 Å². The highest BCUT2D eigenvalue weighted by atomic mass is 28.4. The number of amides is 1. The number of azide groups is 1. The summed E-state index contributed by atoms with van der Waals surface area (Å²) in [5, 5.41) is 11.5. The smallest absolute Gasteiger partial charge is 0.256 e. The van der Waals surface area contributed by atoms with E-state index in [1.165, 1.54) is 6.33 Å². The Bertz CT molecular complexity index is 1330. The molecule has 0 bridgehead atoms. The van der Waals surface area contributed by atoms with Gasteiger partial charge in [-0.3, -0.25) is 4.79 Å². The number of ether oxygens (including phenoxy) is 1. The quantitative estimate of drug-likeness (QED) is 0.164. The average Bonchev–Trinajstić information content (AvgIpc) is 3.40. The molecular formula is C26H35N7O3Si. The van der Waals surface area contributed by atoms with Gasteiger partial charge < -0.3 is 14.5 Å². The van der Waals surface area contributed by atoms with Crippen LogP contribution in [0.25, 0.3) is 16.0 Å². The number of carbonyl (C=O) groups is 1. The first-order chi connectivity index (χ1) is 17.4. The van der Waals surface area contributed by atoms with E-state index in [0.717, 1.165) is 5.69 Å². The highest BCUT2D eigenvalue weighted by Gasteiger charge is 2.55. The summed E-state index contributed by atoms with van der Waals surface area (Å²) in [6.45, 7) is 14.9. The Morgan fingerprint density at radius 1 is 1.27 bits per heavy atom. The van der Waals surface area contributed by atoms with Gasteiger partial charge in [0.05, 0.1) is 11.8 Å². The molecule has 10 nitrogen and oxygen atoms in total. The molecule has 1 fully saturated rings. The van der Waals surface area contributed by atoms with Crippen molar-refractivity contribution in [2.45, 2.75) is 77.1 Å².